The molecule has 31 heavy (non-hydrogen) atoms. The first-order valence-corrected chi connectivity index (χ1v) is 9.26. The molecule has 164 valence electrons. The van der Waals surface area contributed by atoms with Crippen LogP contribution in [0.4, 0.5) is 10.7 Å². The molecular weight excluding hydrogens is 406 g/mol. The molecule has 1 heterocycles. The summed E-state index contributed by atoms with van der Waals surface area (Å²) in [6.45, 7) is -1.08. The number of nitrogens with two attached hydrogens (primary N) is 1. The zero-order valence-electron chi connectivity index (χ0n) is 16.5. The van der Waals surface area contributed by atoms with Crippen molar-refractivity contribution in [3.05, 3.63) is 54.4 Å². The zero-order valence-corrected chi connectivity index (χ0v) is 16.5. The molecule has 0 radical (unpaired) electrons. The minimum Gasteiger partial charge on any atom is -0.387 e. The molecule has 12 nitrogen and oxygen atoms in total. The lowest BCUT2D eigenvalue weighted by Gasteiger charge is -2.19. The molecule has 5 amide bonds. The third-order valence-corrected chi connectivity index (χ3v) is 3.98. The molecule has 0 fully saturated rings. The lowest BCUT2D eigenvalue weighted by Crippen LogP contribution is -2.46. The molecule has 2 rings (SSSR count). The highest BCUT2D eigenvalue weighted by Gasteiger charge is 2.23. The molecule has 0 unspecified atom stereocenters. The van der Waals surface area contributed by atoms with Gasteiger partial charge in [0, 0.05) is 25.5 Å². The number of anilines is 1. The summed E-state index contributed by atoms with van der Waals surface area (Å²) in [5.41, 5.74) is 5.80. The SMILES string of the molecule is NC(=O)N(CCNC(=O)CNC(=O)[C@H](NC(=O)CO)c1ccccc1)c1ncccn1. The standard InChI is InChI=1S/C19H23N7O5/c20-18(31)26(19-22-7-4-8-23-19)10-9-21-14(28)11-24-17(30)16(25-15(29)12-27)13-5-2-1-3-6-13/h1-8,16,27H,9-12H2,(H2,20,31)(H,21,28)(H,24,30)(H,25,29)/t16-/m1/s1. The predicted molar refractivity (Wildman–Crippen MR) is 109 cm³/mol. The summed E-state index contributed by atoms with van der Waals surface area (Å²) >= 11 is 0. The van der Waals surface area contributed by atoms with Crippen molar-refractivity contribution >= 4 is 29.7 Å². The molecular formula is C19H23N7O5. The minimum absolute atomic E-state index is 0.0260. The van der Waals surface area contributed by atoms with Crippen LogP contribution in [0.3, 0.4) is 0 Å². The van der Waals surface area contributed by atoms with Gasteiger partial charge in [0.05, 0.1) is 6.54 Å². The third-order valence-electron chi connectivity index (χ3n) is 3.98. The van der Waals surface area contributed by atoms with E-state index in [1.807, 2.05) is 0 Å². The van der Waals surface area contributed by atoms with E-state index in [4.69, 9.17) is 10.8 Å². The summed E-state index contributed by atoms with van der Waals surface area (Å²) < 4.78 is 0. The van der Waals surface area contributed by atoms with Crippen molar-refractivity contribution in [3.63, 3.8) is 0 Å². The largest absolute Gasteiger partial charge is 0.387 e. The van der Waals surface area contributed by atoms with E-state index in [1.54, 1.807) is 36.4 Å². The van der Waals surface area contributed by atoms with Gasteiger partial charge in [0.15, 0.2) is 0 Å². The summed E-state index contributed by atoms with van der Waals surface area (Å²) in [6, 6.07) is 8.11. The average Bonchev–Trinajstić information content (AvgIpc) is 2.79. The monoisotopic (exact) mass is 429 g/mol. The Morgan fingerprint density at radius 2 is 1.68 bits per heavy atom. The zero-order chi connectivity index (χ0) is 22.6. The Morgan fingerprint density at radius 3 is 2.29 bits per heavy atom. The number of benzene rings is 1. The molecule has 0 saturated heterocycles. The van der Waals surface area contributed by atoms with Gasteiger partial charge in [-0.05, 0) is 11.6 Å². The summed E-state index contributed by atoms with van der Waals surface area (Å²) in [5, 5.41) is 16.3. The molecule has 0 aliphatic heterocycles. The van der Waals surface area contributed by atoms with Crippen LogP contribution in [0.2, 0.25) is 0 Å². The van der Waals surface area contributed by atoms with E-state index in [1.165, 1.54) is 12.4 Å². The first-order chi connectivity index (χ1) is 14.9. The van der Waals surface area contributed by atoms with Gasteiger partial charge in [-0.25, -0.2) is 14.8 Å². The second kappa shape index (κ2) is 11.8. The van der Waals surface area contributed by atoms with Crippen molar-refractivity contribution in [2.24, 2.45) is 5.73 Å². The summed E-state index contributed by atoms with van der Waals surface area (Å²) in [6.07, 6.45) is 2.90. The quantitative estimate of drug-likeness (QED) is 0.303. The number of hydrogen-bond donors (Lipinski definition) is 5. The lowest BCUT2D eigenvalue weighted by atomic mass is 10.1. The van der Waals surface area contributed by atoms with Crippen LogP contribution in [0, 0.1) is 0 Å². The Labute approximate surface area is 177 Å². The van der Waals surface area contributed by atoms with Crippen LogP contribution in [0.5, 0.6) is 0 Å². The van der Waals surface area contributed by atoms with Crippen LogP contribution in [0.25, 0.3) is 0 Å². The van der Waals surface area contributed by atoms with Crippen LogP contribution in [-0.2, 0) is 14.4 Å². The molecule has 0 aliphatic carbocycles. The molecule has 12 heteroatoms. The van der Waals surface area contributed by atoms with Gasteiger partial charge in [0.2, 0.25) is 23.7 Å². The molecule has 0 spiro atoms. The van der Waals surface area contributed by atoms with E-state index < -0.39 is 36.4 Å². The maximum absolute atomic E-state index is 12.5. The van der Waals surface area contributed by atoms with Gasteiger partial charge in [0.25, 0.3) is 0 Å². The van der Waals surface area contributed by atoms with Gasteiger partial charge >= 0.3 is 6.03 Å². The fourth-order valence-corrected chi connectivity index (χ4v) is 2.53. The number of aromatic nitrogens is 2. The smallest absolute Gasteiger partial charge is 0.321 e. The Kier molecular flexibility index (Phi) is 8.86. The number of nitrogens with one attached hydrogen (secondary N) is 3. The van der Waals surface area contributed by atoms with Crippen molar-refractivity contribution in [2.45, 2.75) is 6.04 Å². The van der Waals surface area contributed by atoms with Crippen molar-refractivity contribution in [1.29, 1.82) is 0 Å². The van der Waals surface area contributed by atoms with E-state index in [2.05, 4.69) is 25.9 Å². The van der Waals surface area contributed by atoms with Gasteiger partial charge in [-0.3, -0.25) is 19.3 Å². The van der Waals surface area contributed by atoms with E-state index in [9.17, 15) is 19.2 Å². The number of urea groups is 1. The third kappa shape index (κ3) is 7.36. The highest BCUT2D eigenvalue weighted by atomic mass is 16.3. The highest BCUT2D eigenvalue weighted by Crippen LogP contribution is 2.12. The fourth-order valence-electron chi connectivity index (χ4n) is 2.53. The van der Waals surface area contributed by atoms with Gasteiger partial charge in [-0.2, -0.15) is 0 Å². The number of aliphatic hydroxyl groups is 1. The number of aliphatic hydroxyl groups excluding tert-OH is 1. The van der Waals surface area contributed by atoms with E-state index >= 15 is 0 Å². The summed E-state index contributed by atoms with van der Waals surface area (Å²) in [4.78, 5) is 56.6. The second-order valence-corrected chi connectivity index (χ2v) is 6.18. The maximum atomic E-state index is 12.5. The van der Waals surface area contributed by atoms with E-state index in [0.717, 1.165) is 4.90 Å². The topological polar surface area (TPSA) is 180 Å². The molecule has 0 aliphatic rings. The number of primary amides is 1. The van der Waals surface area contributed by atoms with Gasteiger partial charge < -0.3 is 26.8 Å². The Balaban J connectivity index is 1.86. The predicted octanol–water partition coefficient (Wildman–Crippen LogP) is -1.56. The van der Waals surface area contributed by atoms with Crippen molar-refractivity contribution in [3.8, 4) is 0 Å². The molecule has 6 N–H and O–H groups in total. The number of carbonyl (C=O) groups excluding carboxylic acids is 4. The van der Waals surface area contributed by atoms with Crippen LogP contribution in [0.15, 0.2) is 48.8 Å². The van der Waals surface area contributed by atoms with Crippen LogP contribution in [0.1, 0.15) is 11.6 Å². The highest BCUT2D eigenvalue weighted by molar-refractivity contribution is 5.91. The first-order valence-electron chi connectivity index (χ1n) is 9.26. The van der Waals surface area contributed by atoms with Crippen molar-refractivity contribution in [2.75, 3.05) is 31.1 Å². The van der Waals surface area contributed by atoms with Gasteiger partial charge in [-0.15, -0.1) is 0 Å². The van der Waals surface area contributed by atoms with E-state index in [-0.39, 0.29) is 25.6 Å². The number of rotatable bonds is 10. The molecule has 1 atom stereocenters. The maximum Gasteiger partial charge on any atom is 0.321 e. The minimum atomic E-state index is -1.07. The summed E-state index contributed by atoms with van der Waals surface area (Å²) in [7, 11) is 0. The average molecular weight is 429 g/mol. The number of carbonyl (C=O) groups is 4. The molecule has 0 saturated carbocycles. The van der Waals surface area contributed by atoms with Gasteiger partial charge in [-0.1, -0.05) is 30.3 Å². The first kappa shape index (κ1) is 23.2. The van der Waals surface area contributed by atoms with E-state index in [0.29, 0.717) is 5.56 Å². The van der Waals surface area contributed by atoms with Gasteiger partial charge in [0.1, 0.15) is 12.6 Å². The molecule has 2 aromatic rings. The van der Waals surface area contributed by atoms with Crippen molar-refractivity contribution in [1.82, 2.24) is 25.9 Å². The lowest BCUT2D eigenvalue weighted by molar-refractivity contribution is -0.131. The second-order valence-electron chi connectivity index (χ2n) is 6.18. The molecule has 0 bridgehead atoms. The fraction of sp³-hybridized carbons (Fsp3) is 0.263. The Bertz CT molecular complexity index is 895. The van der Waals surface area contributed by atoms with Crippen LogP contribution in [-0.4, -0.2) is 65.1 Å². The van der Waals surface area contributed by atoms with Crippen LogP contribution >= 0.6 is 0 Å². The number of nitrogens with zero attached hydrogens (tertiary/aromatic N) is 3. The molecule has 1 aromatic heterocycles. The van der Waals surface area contributed by atoms with Crippen molar-refractivity contribution < 1.29 is 24.3 Å². The molecule has 1 aromatic carbocycles. The normalized spacial score (nSPS) is 11.1. The van der Waals surface area contributed by atoms with Crippen LogP contribution < -0.4 is 26.6 Å². The number of hydrogen-bond acceptors (Lipinski definition) is 7. The number of amides is 5. The Hall–Kier alpha value is -4.06. The Morgan fingerprint density at radius 1 is 1.00 bits per heavy atom. The summed E-state index contributed by atoms with van der Waals surface area (Å²) in [5.74, 6) is -1.78.